The largest absolute Gasteiger partial charge is 0.357 e. The first-order valence-corrected chi connectivity index (χ1v) is 11.7. The van der Waals surface area contributed by atoms with Gasteiger partial charge in [0.2, 0.25) is 0 Å². The van der Waals surface area contributed by atoms with E-state index in [9.17, 15) is 8.42 Å². The van der Waals surface area contributed by atoms with Crippen molar-refractivity contribution in [1.82, 2.24) is 10.6 Å². The molecule has 0 spiro atoms. The first kappa shape index (κ1) is 25.4. The van der Waals surface area contributed by atoms with Crippen molar-refractivity contribution in [2.75, 3.05) is 25.9 Å². The summed E-state index contributed by atoms with van der Waals surface area (Å²) in [5.74, 6) is 1.21. The van der Waals surface area contributed by atoms with Crippen LogP contribution in [0.1, 0.15) is 37.3 Å². The molecule has 2 rings (SSSR count). The van der Waals surface area contributed by atoms with E-state index < -0.39 is 9.84 Å². The number of nitrogens with one attached hydrogen (secondary N) is 2. The lowest BCUT2D eigenvalue weighted by atomic mass is 9.97. The maximum absolute atomic E-state index is 11.5. The molecular weight excluding hydrogens is 497 g/mol. The second kappa shape index (κ2) is 12.8. The maximum Gasteiger partial charge on any atom is 0.191 e. The Morgan fingerprint density at radius 1 is 1.00 bits per heavy atom. The number of hydrogen-bond donors (Lipinski definition) is 2. The Kier molecular flexibility index (Phi) is 11.3. The number of halogens is 1. The van der Waals surface area contributed by atoms with Crippen LogP contribution in [0.4, 0.5) is 0 Å². The van der Waals surface area contributed by atoms with Crippen LogP contribution in [-0.2, 0) is 16.3 Å². The summed E-state index contributed by atoms with van der Waals surface area (Å²) in [7, 11) is -3.15. The molecule has 29 heavy (non-hydrogen) atoms. The molecule has 0 saturated carbocycles. The fraction of sp³-hybridized carbons (Fsp3) is 0.409. The van der Waals surface area contributed by atoms with Crippen molar-refractivity contribution in [3.8, 4) is 0 Å². The second-order valence-electron chi connectivity index (χ2n) is 6.83. The summed E-state index contributed by atoms with van der Waals surface area (Å²) in [6.07, 6.45) is 3.06. The van der Waals surface area contributed by atoms with Crippen LogP contribution in [0.15, 0.2) is 64.5 Å². The smallest absolute Gasteiger partial charge is 0.191 e. The fourth-order valence-electron chi connectivity index (χ4n) is 2.97. The van der Waals surface area contributed by atoms with Gasteiger partial charge in [-0.25, -0.2) is 8.42 Å². The van der Waals surface area contributed by atoms with Crippen LogP contribution in [-0.4, -0.2) is 40.3 Å². The molecule has 0 bridgehead atoms. The topological polar surface area (TPSA) is 70.6 Å². The van der Waals surface area contributed by atoms with Gasteiger partial charge in [-0.2, -0.15) is 0 Å². The molecule has 0 aliphatic carbocycles. The molecule has 160 valence electrons. The zero-order valence-corrected chi connectivity index (χ0v) is 20.5. The molecule has 2 aromatic carbocycles. The van der Waals surface area contributed by atoms with Crippen LogP contribution in [0.25, 0.3) is 0 Å². The van der Waals surface area contributed by atoms with E-state index in [1.807, 2.05) is 18.2 Å². The van der Waals surface area contributed by atoms with E-state index in [1.165, 1.54) is 11.8 Å². The summed E-state index contributed by atoms with van der Waals surface area (Å²) in [5, 5.41) is 6.65. The van der Waals surface area contributed by atoms with Gasteiger partial charge in [0, 0.05) is 31.8 Å². The molecule has 7 heteroatoms. The normalized spacial score (nSPS) is 12.7. The van der Waals surface area contributed by atoms with Gasteiger partial charge < -0.3 is 10.6 Å². The van der Waals surface area contributed by atoms with Crippen LogP contribution in [0.2, 0.25) is 0 Å². The van der Waals surface area contributed by atoms with Gasteiger partial charge in [0.1, 0.15) is 0 Å². The van der Waals surface area contributed by atoms with Crippen molar-refractivity contribution in [3.05, 3.63) is 65.7 Å². The Balaban J connectivity index is 0.00000420. The lowest BCUT2D eigenvalue weighted by Gasteiger charge is -2.15. The number of guanidine groups is 1. The highest BCUT2D eigenvalue weighted by Crippen LogP contribution is 2.19. The van der Waals surface area contributed by atoms with Crippen molar-refractivity contribution in [2.45, 2.75) is 37.5 Å². The minimum atomic E-state index is -3.15. The van der Waals surface area contributed by atoms with Crippen LogP contribution >= 0.6 is 24.0 Å². The summed E-state index contributed by atoms with van der Waals surface area (Å²) in [6.45, 7) is 6.51. The van der Waals surface area contributed by atoms with Gasteiger partial charge in [0.05, 0.1) is 4.90 Å². The van der Waals surface area contributed by atoms with E-state index in [0.717, 1.165) is 44.0 Å². The van der Waals surface area contributed by atoms with E-state index in [-0.39, 0.29) is 24.0 Å². The first-order valence-electron chi connectivity index (χ1n) is 9.80. The predicted octanol–water partition coefficient (Wildman–Crippen LogP) is 4.00. The molecule has 1 atom stereocenters. The SMILES string of the molecule is CCNC(=NCC(CC)c1ccccc1)NCCc1ccc(S(C)(=O)=O)cc1.I. The number of sulfone groups is 1. The average Bonchev–Trinajstić information content (AvgIpc) is 2.69. The average molecular weight is 529 g/mol. The van der Waals surface area contributed by atoms with E-state index in [4.69, 9.17) is 4.99 Å². The molecule has 5 nitrogen and oxygen atoms in total. The molecule has 0 fully saturated rings. The quantitative estimate of drug-likeness (QED) is 0.293. The highest BCUT2D eigenvalue weighted by atomic mass is 127. The van der Waals surface area contributed by atoms with Crippen LogP contribution in [0.5, 0.6) is 0 Å². The molecule has 0 aliphatic rings. The molecule has 0 radical (unpaired) electrons. The van der Waals surface area contributed by atoms with E-state index in [2.05, 4.69) is 48.7 Å². The Hall–Kier alpha value is -1.61. The van der Waals surface area contributed by atoms with Crippen LogP contribution in [0, 0.1) is 0 Å². The van der Waals surface area contributed by atoms with E-state index in [0.29, 0.717) is 10.8 Å². The molecule has 0 aliphatic heterocycles. The molecule has 1 unspecified atom stereocenters. The summed E-state index contributed by atoms with van der Waals surface area (Å²) >= 11 is 0. The van der Waals surface area contributed by atoms with Gasteiger partial charge in [-0.15, -0.1) is 24.0 Å². The minimum Gasteiger partial charge on any atom is -0.357 e. The summed E-state index contributed by atoms with van der Waals surface area (Å²) in [4.78, 5) is 5.11. The Morgan fingerprint density at radius 3 is 2.21 bits per heavy atom. The molecule has 2 N–H and O–H groups in total. The molecule has 2 aromatic rings. The van der Waals surface area contributed by atoms with Crippen molar-refractivity contribution >= 4 is 39.8 Å². The minimum absolute atomic E-state index is 0. The number of aliphatic imine (C=N–C) groups is 1. The molecular formula is C22H32IN3O2S. The van der Waals surface area contributed by atoms with Crippen molar-refractivity contribution in [1.29, 1.82) is 0 Å². The highest BCUT2D eigenvalue weighted by molar-refractivity contribution is 14.0. The van der Waals surface area contributed by atoms with Gasteiger partial charge in [0.25, 0.3) is 0 Å². The van der Waals surface area contributed by atoms with Crippen LogP contribution in [0.3, 0.4) is 0 Å². The third-order valence-electron chi connectivity index (χ3n) is 4.64. The van der Waals surface area contributed by atoms with Crippen molar-refractivity contribution in [2.24, 2.45) is 4.99 Å². The second-order valence-corrected chi connectivity index (χ2v) is 8.84. The highest BCUT2D eigenvalue weighted by Gasteiger charge is 2.09. The fourth-order valence-corrected chi connectivity index (χ4v) is 3.60. The van der Waals surface area contributed by atoms with E-state index >= 15 is 0 Å². The third-order valence-corrected chi connectivity index (χ3v) is 5.76. The molecule has 0 heterocycles. The standard InChI is InChI=1S/C22H31N3O2S.HI/c1-4-19(20-9-7-6-8-10-20)17-25-22(23-5-2)24-16-15-18-11-13-21(14-12-18)28(3,26)27;/h6-14,19H,4-5,15-17H2,1-3H3,(H2,23,24,25);1H. The number of hydrogen-bond acceptors (Lipinski definition) is 3. The van der Waals surface area contributed by atoms with Crippen molar-refractivity contribution < 1.29 is 8.42 Å². The summed E-state index contributed by atoms with van der Waals surface area (Å²) < 4.78 is 23.1. The molecule has 0 aromatic heterocycles. The van der Waals surface area contributed by atoms with Crippen LogP contribution < -0.4 is 10.6 Å². The zero-order chi connectivity index (χ0) is 20.4. The van der Waals surface area contributed by atoms with Gasteiger partial charge in [-0.05, 0) is 43.0 Å². The van der Waals surface area contributed by atoms with Gasteiger partial charge in [0.15, 0.2) is 15.8 Å². The summed E-state index contributed by atoms with van der Waals surface area (Å²) in [5.41, 5.74) is 2.40. The van der Waals surface area contributed by atoms with Gasteiger partial charge in [-0.3, -0.25) is 4.99 Å². The number of nitrogens with zero attached hydrogens (tertiary/aromatic N) is 1. The lowest BCUT2D eigenvalue weighted by molar-refractivity contribution is 0.602. The third kappa shape index (κ3) is 8.74. The van der Waals surface area contributed by atoms with Gasteiger partial charge in [-0.1, -0.05) is 49.4 Å². The first-order chi connectivity index (χ1) is 13.4. The van der Waals surface area contributed by atoms with E-state index in [1.54, 1.807) is 12.1 Å². The Morgan fingerprint density at radius 2 is 1.66 bits per heavy atom. The Bertz CT molecular complexity index is 853. The van der Waals surface area contributed by atoms with Crippen molar-refractivity contribution in [3.63, 3.8) is 0 Å². The molecule has 0 saturated heterocycles. The molecule has 0 amide bonds. The summed E-state index contributed by atoms with van der Waals surface area (Å²) in [6, 6.07) is 17.5. The number of benzene rings is 2. The maximum atomic E-state index is 11.5. The predicted molar refractivity (Wildman–Crippen MR) is 132 cm³/mol. The monoisotopic (exact) mass is 529 g/mol. The van der Waals surface area contributed by atoms with Gasteiger partial charge >= 0.3 is 0 Å². The Labute approximate surface area is 192 Å². The number of rotatable bonds is 9. The lowest BCUT2D eigenvalue weighted by Crippen LogP contribution is -2.38. The zero-order valence-electron chi connectivity index (χ0n) is 17.4.